The summed E-state index contributed by atoms with van der Waals surface area (Å²) in [6.45, 7) is 0.658. The lowest BCUT2D eigenvalue weighted by Crippen LogP contribution is -2.25. The van der Waals surface area contributed by atoms with Crippen molar-refractivity contribution in [2.75, 3.05) is 26.9 Å². The molecular weight excluding hydrogens is 427 g/mol. The minimum absolute atomic E-state index is 0.117. The predicted molar refractivity (Wildman–Crippen MR) is 120 cm³/mol. The van der Waals surface area contributed by atoms with Gasteiger partial charge in [0.15, 0.2) is 11.6 Å². The Hall–Kier alpha value is -3.36. The maximum atomic E-state index is 14.0. The smallest absolute Gasteiger partial charge is 0.255 e. The van der Waals surface area contributed by atoms with Gasteiger partial charge in [-0.3, -0.25) is 15.1 Å². The van der Waals surface area contributed by atoms with Crippen LogP contribution in [0.2, 0.25) is 0 Å². The van der Waals surface area contributed by atoms with Gasteiger partial charge in [0, 0.05) is 17.7 Å². The molecule has 2 aliphatic rings. The first-order chi connectivity index (χ1) is 16.0. The number of nitrogens with one attached hydrogen (secondary N) is 1. The number of aliphatic hydroxyl groups is 1. The first kappa shape index (κ1) is 22.8. The maximum absolute atomic E-state index is 14.0. The van der Waals surface area contributed by atoms with E-state index in [4.69, 9.17) is 9.47 Å². The molecule has 4 rings (SSSR count). The van der Waals surface area contributed by atoms with E-state index in [0.717, 1.165) is 17.9 Å². The lowest BCUT2D eigenvalue weighted by molar-refractivity contribution is -0.0178. The first-order valence-corrected chi connectivity index (χ1v) is 10.8. The van der Waals surface area contributed by atoms with Crippen molar-refractivity contribution in [3.63, 3.8) is 0 Å². The van der Waals surface area contributed by atoms with E-state index >= 15 is 0 Å². The van der Waals surface area contributed by atoms with Crippen LogP contribution in [0.25, 0.3) is 5.70 Å². The van der Waals surface area contributed by atoms with Gasteiger partial charge in [0.05, 0.1) is 38.1 Å². The molecule has 0 aromatic heterocycles. The monoisotopic (exact) mass is 454 g/mol. The van der Waals surface area contributed by atoms with E-state index in [2.05, 4.69) is 5.32 Å². The van der Waals surface area contributed by atoms with E-state index < -0.39 is 5.82 Å². The minimum Gasteiger partial charge on any atom is -0.494 e. The SMILES string of the molecule is COc1ccc(CNC(=O)c2cc(C3=C(CO)C=CCN3O)ccc2OCC2CC2)cc1F. The Morgan fingerprint density at radius 1 is 1.21 bits per heavy atom. The lowest BCUT2D eigenvalue weighted by Gasteiger charge is -2.25. The molecule has 0 bridgehead atoms. The van der Waals surface area contributed by atoms with Gasteiger partial charge >= 0.3 is 0 Å². The molecule has 0 unspecified atom stereocenters. The number of hydroxylamine groups is 2. The number of nitrogens with zero attached hydrogens (tertiary/aromatic N) is 1. The van der Waals surface area contributed by atoms with Crippen LogP contribution in [0.15, 0.2) is 54.1 Å². The number of ether oxygens (including phenoxy) is 2. The molecule has 3 N–H and O–H groups in total. The Labute approximate surface area is 191 Å². The molecule has 2 aromatic rings. The quantitative estimate of drug-likeness (QED) is 0.537. The maximum Gasteiger partial charge on any atom is 0.255 e. The number of carbonyl (C=O) groups excluding carboxylic acids is 1. The molecule has 33 heavy (non-hydrogen) atoms. The molecule has 0 spiro atoms. The van der Waals surface area contributed by atoms with E-state index in [-0.39, 0.29) is 31.4 Å². The largest absolute Gasteiger partial charge is 0.494 e. The normalized spacial score (nSPS) is 15.6. The molecule has 1 saturated carbocycles. The first-order valence-electron chi connectivity index (χ1n) is 10.8. The minimum atomic E-state index is -0.503. The molecule has 1 fully saturated rings. The molecule has 2 aromatic carbocycles. The average Bonchev–Trinajstić information content (AvgIpc) is 3.65. The fraction of sp³-hybridized carbons (Fsp3) is 0.320. The summed E-state index contributed by atoms with van der Waals surface area (Å²) >= 11 is 0. The van der Waals surface area contributed by atoms with Crippen LogP contribution in [-0.2, 0) is 6.54 Å². The summed E-state index contributed by atoms with van der Waals surface area (Å²) in [4.78, 5) is 13.1. The van der Waals surface area contributed by atoms with Crippen molar-refractivity contribution in [2.45, 2.75) is 19.4 Å². The summed E-state index contributed by atoms with van der Waals surface area (Å²) in [7, 11) is 1.39. The number of amides is 1. The van der Waals surface area contributed by atoms with Crippen molar-refractivity contribution in [1.82, 2.24) is 10.4 Å². The van der Waals surface area contributed by atoms with Crippen LogP contribution in [-0.4, -0.2) is 48.2 Å². The highest BCUT2D eigenvalue weighted by atomic mass is 19.1. The zero-order valence-corrected chi connectivity index (χ0v) is 18.4. The molecule has 7 nitrogen and oxygen atoms in total. The molecule has 1 amide bonds. The Balaban J connectivity index is 1.60. The van der Waals surface area contributed by atoms with E-state index in [9.17, 15) is 19.5 Å². The topological polar surface area (TPSA) is 91.3 Å². The highest BCUT2D eigenvalue weighted by Crippen LogP contribution is 2.33. The van der Waals surface area contributed by atoms with Crippen LogP contribution in [0.3, 0.4) is 0 Å². The second-order valence-corrected chi connectivity index (χ2v) is 8.13. The summed E-state index contributed by atoms with van der Waals surface area (Å²) in [5.74, 6) is 0.183. The molecular formula is C25H27FN2O5. The number of hydrogen-bond donors (Lipinski definition) is 3. The van der Waals surface area contributed by atoms with Crippen LogP contribution >= 0.6 is 0 Å². The van der Waals surface area contributed by atoms with Gasteiger partial charge in [-0.2, -0.15) is 0 Å². The van der Waals surface area contributed by atoms with E-state index in [1.54, 1.807) is 36.4 Å². The van der Waals surface area contributed by atoms with Crippen LogP contribution in [0.4, 0.5) is 4.39 Å². The van der Waals surface area contributed by atoms with Crippen molar-refractivity contribution >= 4 is 11.6 Å². The number of benzene rings is 2. The molecule has 0 saturated heterocycles. The fourth-order valence-corrected chi connectivity index (χ4v) is 3.66. The number of aliphatic hydroxyl groups excluding tert-OH is 1. The highest BCUT2D eigenvalue weighted by Gasteiger charge is 2.24. The van der Waals surface area contributed by atoms with Gasteiger partial charge in [-0.05, 0) is 54.7 Å². The molecule has 174 valence electrons. The van der Waals surface area contributed by atoms with Crippen molar-refractivity contribution in [1.29, 1.82) is 0 Å². The van der Waals surface area contributed by atoms with Gasteiger partial charge in [0.25, 0.3) is 5.91 Å². The second-order valence-electron chi connectivity index (χ2n) is 8.13. The summed E-state index contributed by atoms with van der Waals surface area (Å²) in [6.07, 6.45) is 5.71. The number of hydrogen-bond acceptors (Lipinski definition) is 6. The van der Waals surface area contributed by atoms with Crippen molar-refractivity contribution in [3.8, 4) is 11.5 Å². The summed E-state index contributed by atoms with van der Waals surface area (Å²) in [5, 5.41) is 23.9. The van der Waals surface area contributed by atoms with Crippen molar-refractivity contribution in [2.24, 2.45) is 5.92 Å². The van der Waals surface area contributed by atoms with Gasteiger partial charge in [-0.25, -0.2) is 4.39 Å². The zero-order chi connectivity index (χ0) is 23.4. The van der Waals surface area contributed by atoms with Crippen LogP contribution < -0.4 is 14.8 Å². The molecule has 1 aliphatic carbocycles. The summed E-state index contributed by atoms with van der Waals surface area (Å²) in [5.41, 5.74) is 2.43. The van der Waals surface area contributed by atoms with Crippen LogP contribution in [0.5, 0.6) is 11.5 Å². The standard InChI is InChI=1S/C25H27FN2O5/c1-32-23-8-6-17(11-21(23)26)13-27-25(30)20-12-18(7-9-22(20)33-15-16-4-5-16)24-19(14-29)3-2-10-28(24)31/h2-3,6-9,11-12,16,29,31H,4-5,10,13-15H2,1H3,(H,27,30). The molecule has 1 aliphatic heterocycles. The van der Waals surface area contributed by atoms with Gasteiger partial charge in [0.1, 0.15) is 5.75 Å². The Morgan fingerprint density at radius 2 is 2.00 bits per heavy atom. The van der Waals surface area contributed by atoms with Gasteiger partial charge in [-0.1, -0.05) is 18.2 Å². The predicted octanol–water partition coefficient (Wildman–Crippen LogP) is 3.52. The van der Waals surface area contributed by atoms with Crippen LogP contribution in [0, 0.1) is 11.7 Å². The lowest BCUT2D eigenvalue weighted by atomic mass is 10.0. The van der Waals surface area contributed by atoms with Gasteiger partial charge < -0.3 is 19.9 Å². The third-order valence-electron chi connectivity index (χ3n) is 5.67. The van der Waals surface area contributed by atoms with Crippen molar-refractivity contribution in [3.05, 3.63) is 76.6 Å². The van der Waals surface area contributed by atoms with Crippen molar-refractivity contribution < 1.29 is 29.0 Å². The molecule has 0 radical (unpaired) electrons. The molecule has 8 heteroatoms. The third kappa shape index (κ3) is 5.35. The van der Waals surface area contributed by atoms with E-state index in [1.807, 2.05) is 0 Å². The summed E-state index contributed by atoms with van der Waals surface area (Å²) in [6, 6.07) is 9.60. The summed E-state index contributed by atoms with van der Waals surface area (Å²) < 4.78 is 24.8. The van der Waals surface area contributed by atoms with Gasteiger partial charge in [-0.15, -0.1) is 0 Å². The number of rotatable bonds is 9. The molecule has 0 atom stereocenters. The molecule has 1 heterocycles. The third-order valence-corrected chi connectivity index (χ3v) is 5.67. The Bertz CT molecular complexity index is 1090. The average molecular weight is 454 g/mol. The zero-order valence-electron chi connectivity index (χ0n) is 18.4. The van der Waals surface area contributed by atoms with E-state index in [0.29, 0.717) is 46.2 Å². The highest BCUT2D eigenvalue weighted by molar-refractivity contribution is 5.98. The Kier molecular flexibility index (Phi) is 6.96. The van der Waals surface area contributed by atoms with Gasteiger partial charge in [0.2, 0.25) is 0 Å². The number of carbonyl (C=O) groups is 1. The number of methoxy groups -OCH3 is 1. The second kappa shape index (κ2) is 10.1. The fourth-order valence-electron chi connectivity index (χ4n) is 3.66. The van der Waals surface area contributed by atoms with Crippen LogP contribution in [0.1, 0.15) is 34.3 Å². The van der Waals surface area contributed by atoms with E-state index in [1.165, 1.54) is 19.2 Å². The Morgan fingerprint density at radius 3 is 2.70 bits per heavy atom. The number of halogens is 1.